The van der Waals surface area contributed by atoms with Crippen molar-refractivity contribution < 1.29 is 4.39 Å². The average molecular weight is 311 g/mol. The first-order chi connectivity index (χ1) is 10.7. The molecule has 3 rings (SSSR count). The van der Waals surface area contributed by atoms with Crippen LogP contribution in [0.25, 0.3) is 10.8 Å². The molecule has 2 aromatic heterocycles. The Morgan fingerprint density at radius 1 is 1.27 bits per heavy atom. The molecule has 3 aromatic rings. The minimum atomic E-state index is -0.572. The van der Waals surface area contributed by atoms with Crippen LogP contribution in [-0.4, -0.2) is 9.97 Å². The van der Waals surface area contributed by atoms with Crippen molar-refractivity contribution in [1.82, 2.24) is 9.97 Å². The van der Waals surface area contributed by atoms with Gasteiger partial charge in [0.25, 0.3) is 5.56 Å². The first-order valence-electron chi connectivity index (χ1n) is 6.47. The predicted octanol–water partition coefficient (Wildman–Crippen LogP) is 3.23. The molecule has 0 aliphatic carbocycles. The van der Waals surface area contributed by atoms with Crippen molar-refractivity contribution in [3.63, 3.8) is 0 Å². The van der Waals surface area contributed by atoms with Crippen molar-refractivity contribution in [3.8, 4) is 6.07 Å². The van der Waals surface area contributed by atoms with E-state index >= 15 is 0 Å². The van der Waals surface area contributed by atoms with Crippen LogP contribution >= 0.6 is 11.8 Å². The van der Waals surface area contributed by atoms with Crippen molar-refractivity contribution in [2.24, 2.45) is 0 Å². The summed E-state index contributed by atoms with van der Waals surface area (Å²) in [5.41, 5.74) is 0.272. The number of hydrogen-bond donors (Lipinski definition) is 1. The molecule has 4 nitrogen and oxygen atoms in total. The zero-order valence-corrected chi connectivity index (χ0v) is 12.2. The first-order valence-corrected chi connectivity index (χ1v) is 7.45. The third-order valence-corrected chi connectivity index (χ3v) is 4.30. The van der Waals surface area contributed by atoms with Gasteiger partial charge in [-0.3, -0.25) is 9.78 Å². The van der Waals surface area contributed by atoms with Gasteiger partial charge in [0.15, 0.2) is 0 Å². The molecule has 0 aliphatic rings. The van der Waals surface area contributed by atoms with E-state index in [0.717, 1.165) is 5.56 Å². The lowest BCUT2D eigenvalue weighted by atomic mass is 10.1. The molecule has 0 fully saturated rings. The molecule has 0 saturated heterocycles. The van der Waals surface area contributed by atoms with Crippen LogP contribution in [0.3, 0.4) is 0 Å². The lowest BCUT2D eigenvalue weighted by Crippen LogP contribution is -2.12. The van der Waals surface area contributed by atoms with Crippen molar-refractivity contribution in [2.45, 2.75) is 10.8 Å². The minimum absolute atomic E-state index is 0.0750. The number of nitrogens with zero attached hydrogens (tertiary/aromatic N) is 2. The summed E-state index contributed by atoms with van der Waals surface area (Å²) in [6, 6.07) is 10.0. The fourth-order valence-electron chi connectivity index (χ4n) is 2.17. The largest absolute Gasteiger partial charge is 0.315 e. The number of fused-ring (bicyclic) bond motifs is 1. The second-order valence-corrected chi connectivity index (χ2v) is 5.56. The van der Waals surface area contributed by atoms with Crippen molar-refractivity contribution in [2.75, 3.05) is 0 Å². The van der Waals surface area contributed by atoms with E-state index in [1.807, 2.05) is 12.1 Å². The normalized spacial score (nSPS) is 10.5. The Morgan fingerprint density at radius 2 is 2.05 bits per heavy atom. The summed E-state index contributed by atoms with van der Waals surface area (Å²) in [6.45, 7) is 0. The molecule has 0 aliphatic heterocycles. The summed E-state index contributed by atoms with van der Waals surface area (Å²) in [5.74, 6) is 0.0431. The quantitative estimate of drug-likeness (QED) is 0.754. The maximum atomic E-state index is 14.0. The van der Waals surface area contributed by atoms with Gasteiger partial charge in [-0.05, 0) is 23.8 Å². The second-order valence-electron chi connectivity index (χ2n) is 4.58. The second kappa shape index (κ2) is 6.00. The van der Waals surface area contributed by atoms with Gasteiger partial charge in [0.1, 0.15) is 17.4 Å². The summed E-state index contributed by atoms with van der Waals surface area (Å²) >= 11 is 1.39. The SMILES string of the molecule is N#Cc1c(=O)[nH]c(SCc2ccncc2)c2cccc(F)c12. The number of nitrogens with one attached hydrogen (secondary N) is 1. The van der Waals surface area contributed by atoms with Crippen LogP contribution in [0.2, 0.25) is 0 Å². The van der Waals surface area contributed by atoms with E-state index in [1.165, 1.54) is 17.8 Å². The number of aromatic nitrogens is 2. The Balaban J connectivity index is 2.09. The number of rotatable bonds is 3. The highest BCUT2D eigenvalue weighted by Crippen LogP contribution is 2.29. The molecule has 108 valence electrons. The molecule has 0 bridgehead atoms. The average Bonchev–Trinajstić information content (AvgIpc) is 2.54. The Bertz CT molecular complexity index is 932. The lowest BCUT2D eigenvalue weighted by Gasteiger charge is -2.08. The molecule has 22 heavy (non-hydrogen) atoms. The third kappa shape index (κ3) is 2.59. The maximum Gasteiger partial charge on any atom is 0.267 e. The van der Waals surface area contributed by atoms with Gasteiger partial charge in [-0.15, -0.1) is 11.8 Å². The van der Waals surface area contributed by atoms with Crippen molar-refractivity contribution >= 4 is 22.5 Å². The molecule has 1 aromatic carbocycles. The molecule has 0 amide bonds. The number of aromatic amines is 1. The van der Waals surface area contributed by atoms with Crippen LogP contribution < -0.4 is 5.56 Å². The van der Waals surface area contributed by atoms with Gasteiger partial charge in [-0.2, -0.15) is 5.26 Å². The Morgan fingerprint density at radius 3 is 2.77 bits per heavy atom. The fourth-order valence-corrected chi connectivity index (χ4v) is 3.16. The zero-order chi connectivity index (χ0) is 15.5. The van der Waals surface area contributed by atoms with Gasteiger partial charge >= 0.3 is 0 Å². The Kier molecular flexibility index (Phi) is 3.90. The molecule has 0 spiro atoms. The highest BCUT2D eigenvalue weighted by molar-refractivity contribution is 7.98. The number of pyridine rings is 2. The van der Waals surface area contributed by atoms with Gasteiger partial charge in [-0.25, -0.2) is 4.39 Å². The third-order valence-electron chi connectivity index (χ3n) is 3.21. The highest BCUT2D eigenvalue weighted by Gasteiger charge is 2.14. The Hall–Kier alpha value is -2.65. The number of halogens is 1. The van der Waals surface area contributed by atoms with Crippen LogP contribution in [-0.2, 0) is 5.75 Å². The van der Waals surface area contributed by atoms with Crippen molar-refractivity contribution in [1.29, 1.82) is 5.26 Å². The molecular weight excluding hydrogens is 301 g/mol. The van der Waals surface area contributed by atoms with Crippen LogP contribution in [0.1, 0.15) is 11.1 Å². The zero-order valence-electron chi connectivity index (χ0n) is 11.3. The monoisotopic (exact) mass is 311 g/mol. The summed E-state index contributed by atoms with van der Waals surface area (Å²) in [4.78, 5) is 18.6. The fraction of sp³-hybridized carbons (Fsp3) is 0.0625. The van der Waals surface area contributed by atoms with Crippen LogP contribution in [0.15, 0.2) is 52.5 Å². The molecular formula is C16H10FN3OS. The van der Waals surface area contributed by atoms with E-state index in [4.69, 9.17) is 5.26 Å². The van der Waals surface area contributed by atoms with Gasteiger partial charge in [0, 0.05) is 28.9 Å². The van der Waals surface area contributed by atoms with E-state index in [2.05, 4.69) is 9.97 Å². The van der Waals surface area contributed by atoms with Crippen LogP contribution in [0.4, 0.5) is 4.39 Å². The highest BCUT2D eigenvalue weighted by atomic mass is 32.2. The van der Waals surface area contributed by atoms with Gasteiger partial charge in [-0.1, -0.05) is 12.1 Å². The topological polar surface area (TPSA) is 69.5 Å². The summed E-state index contributed by atoms with van der Waals surface area (Å²) in [5, 5.41) is 10.3. The molecule has 0 saturated carbocycles. The number of nitriles is 1. The van der Waals surface area contributed by atoms with E-state index in [9.17, 15) is 9.18 Å². The van der Waals surface area contributed by atoms with E-state index in [-0.39, 0.29) is 10.9 Å². The molecule has 0 atom stereocenters. The number of benzene rings is 1. The van der Waals surface area contributed by atoms with Gasteiger partial charge < -0.3 is 4.98 Å². The lowest BCUT2D eigenvalue weighted by molar-refractivity contribution is 0.639. The minimum Gasteiger partial charge on any atom is -0.315 e. The predicted molar refractivity (Wildman–Crippen MR) is 83.0 cm³/mol. The summed E-state index contributed by atoms with van der Waals surface area (Å²) < 4.78 is 14.0. The standard InChI is InChI=1S/C16H10FN3OS/c17-13-3-1-2-11-14(13)12(8-18)15(21)20-16(11)22-9-10-4-6-19-7-5-10/h1-7H,9H2,(H,20,21). The van der Waals surface area contributed by atoms with Crippen molar-refractivity contribution in [3.05, 3.63) is 70.0 Å². The number of thioether (sulfide) groups is 1. The first kappa shape index (κ1) is 14.3. The summed E-state index contributed by atoms with van der Waals surface area (Å²) in [7, 11) is 0. The van der Waals surface area contributed by atoms with Crippen LogP contribution in [0.5, 0.6) is 0 Å². The van der Waals surface area contributed by atoms with E-state index in [0.29, 0.717) is 16.2 Å². The molecule has 0 radical (unpaired) electrons. The molecule has 2 heterocycles. The van der Waals surface area contributed by atoms with E-state index < -0.39 is 11.4 Å². The van der Waals surface area contributed by atoms with Gasteiger partial charge in [0.2, 0.25) is 0 Å². The number of hydrogen-bond acceptors (Lipinski definition) is 4. The smallest absolute Gasteiger partial charge is 0.267 e. The number of H-pyrrole nitrogens is 1. The Labute approximate surface area is 129 Å². The summed E-state index contributed by atoms with van der Waals surface area (Å²) in [6.07, 6.45) is 3.38. The van der Waals surface area contributed by atoms with Crippen LogP contribution in [0, 0.1) is 17.1 Å². The maximum absolute atomic E-state index is 14.0. The molecule has 0 unspecified atom stereocenters. The van der Waals surface area contributed by atoms with Gasteiger partial charge in [0.05, 0.1) is 5.03 Å². The van der Waals surface area contributed by atoms with E-state index in [1.54, 1.807) is 30.6 Å². The molecule has 6 heteroatoms. The molecule has 1 N–H and O–H groups in total.